The van der Waals surface area contributed by atoms with Crippen LogP contribution in [0, 0.1) is 6.92 Å². The third-order valence-electron chi connectivity index (χ3n) is 6.25. The van der Waals surface area contributed by atoms with E-state index in [2.05, 4.69) is 15.7 Å². The minimum Gasteiger partial charge on any atom is -0.489 e. The highest BCUT2D eigenvalue weighted by Crippen LogP contribution is 2.39. The summed E-state index contributed by atoms with van der Waals surface area (Å²) in [7, 11) is 1.80. The predicted octanol–water partition coefficient (Wildman–Crippen LogP) is 4.19. The van der Waals surface area contributed by atoms with E-state index in [1.54, 1.807) is 36.0 Å². The van der Waals surface area contributed by atoms with Crippen LogP contribution >= 0.6 is 0 Å². The maximum absolute atomic E-state index is 13.2. The summed E-state index contributed by atoms with van der Waals surface area (Å²) in [6, 6.07) is 25.7. The number of hydrogen-bond acceptors (Lipinski definition) is 4. The summed E-state index contributed by atoms with van der Waals surface area (Å²) in [4.78, 5) is 26.2. The molecule has 176 valence electrons. The number of fused-ring (bicyclic) bond motifs is 1. The summed E-state index contributed by atoms with van der Waals surface area (Å²) >= 11 is 0. The maximum atomic E-state index is 13.2. The average molecular weight is 467 g/mol. The zero-order valence-electron chi connectivity index (χ0n) is 19.6. The number of aryl methyl sites for hydroxylation is 2. The van der Waals surface area contributed by atoms with Gasteiger partial charge >= 0.3 is 0 Å². The first-order chi connectivity index (χ1) is 17.0. The lowest BCUT2D eigenvalue weighted by Crippen LogP contribution is -2.50. The van der Waals surface area contributed by atoms with Crippen molar-refractivity contribution in [2.24, 2.45) is 7.05 Å². The van der Waals surface area contributed by atoms with E-state index in [0.29, 0.717) is 18.0 Å². The number of anilines is 1. The third kappa shape index (κ3) is 4.53. The van der Waals surface area contributed by atoms with E-state index in [9.17, 15) is 9.59 Å². The van der Waals surface area contributed by atoms with Crippen molar-refractivity contribution in [2.75, 3.05) is 5.32 Å². The highest BCUT2D eigenvalue weighted by molar-refractivity contribution is 6.03. The van der Waals surface area contributed by atoms with Gasteiger partial charge in [-0.15, -0.1) is 0 Å². The molecule has 4 aromatic rings. The van der Waals surface area contributed by atoms with Gasteiger partial charge in [0.2, 0.25) is 5.91 Å². The van der Waals surface area contributed by atoms with Crippen molar-refractivity contribution in [1.29, 1.82) is 0 Å². The molecule has 35 heavy (non-hydrogen) atoms. The van der Waals surface area contributed by atoms with Crippen LogP contribution in [0.4, 0.5) is 5.82 Å². The number of benzene rings is 3. The van der Waals surface area contributed by atoms with Crippen LogP contribution in [-0.2, 0) is 18.4 Å². The molecule has 2 heterocycles. The molecule has 7 heteroatoms. The van der Waals surface area contributed by atoms with Gasteiger partial charge in [-0.05, 0) is 42.3 Å². The molecule has 0 saturated heterocycles. The van der Waals surface area contributed by atoms with Gasteiger partial charge in [-0.25, -0.2) is 0 Å². The number of amides is 2. The van der Waals surface area contributed by atoms with Crippen molar-refractivity contribution in [3.8, 4) is 5.75 Å². The Hall–Kier alpha value is -4.39. The van der Waals surface area contributed by atoms with Crippen LogP contribution < -0.4 is 15.4 Å². The lowest BCUT2D eigenvalue weighted by molar-refractivity contribution is -0.118. The lowest BCUT2D eigenvalue weighted by atomic mass is 9.82. The van der Waals surface area contributed by atoms with Crippen molar-refractivity contribution in [1.82, 2.24) is 15.1 Å². The largest absolute Gasteiger partial charge is 0.489 e. The molecule has 1 aromatic heterocycles. The standard InChI is InChI=1S/C28H26N4O3/c1-18-23-24(20-13-15-22(16-14-20)35-17-19-9-5-3-6-10-19)25(28(34)30-26(23)32(2)31-18)29-27(33)21-11-7-4-8-12-21/h3-16,24-25H,17H2,1-2H3,(H,29,33)(H,30,34)/t24-,25+/m1/s1. The van der Waals surface area contributed by atoms with Crippen LogP contribution in [0.1, 0.15) is 38.7 Å². The van der Waals surface area contributed by atoms with Gasteiger partial charge < -0.3 is 15.4 Å². The number of aromatic nitrogens is 2. The molecule has 0 spiro atoms. The SMILES string of the molecule is Cc1nn(C)c2c1[C@@H](c1ccc(OCc3ccccc3)cc1)[C@H](NC(=O)c1ccccc1)C(=O)N2. The Labute approximate surface area is 203 Å². The van der Waals surface area contributed by atoms with Crippen LogP contribution in [0.5, 0.6) is 5.75 Å². The molecular weight excluding hydrogens is 440 g/mol. The molecule has 0 fully saturated rings. The summed E-state index contributed by atoms with van der Waals surface area (Å²) in [5, 5.41) is 10.4. The molecule has 0 bridgehead atoms. The normalized spacial score (nSPS) is 16.8. The molecule has 0 radical (unpaired) electrons. The van der Waals surface area contributed by atoms with E-state index in [-0.39, 0.29) is 11.8 Å². The van der Waals surface area contributed by atoms with Gasteiger partial charge in [0.25, 0.3) is 5.91 Å². The first-order valence-electron chi connectivity index (χ1n) is 11.5. The second-order valence-corrected chi connectivity index (χ2v) is 8.60. The summed E-state index contributed by atoms with van der Waals surface area (Å²) in [6.45, 7) is 2.38. The van der Waals surface area contributed by atoms with Crippen molar-refractivity contribution < 1.29 is 14.3 Å². The highest BCUT2D eigenvalue weighted by atomic mass is 16.5. The number of rotatable bonds is 6. The van der Waals surface area contributed by atoms with Crippen LogP contribution in [0.25, 0.3) is 0 Å². The van der Waals surface area contributed by atoms with E-state index in [1.807, 2.05) is 67.6 Å². The maximum Gasteiger partial charge on any atom is 0.251 e. The zero-order valence-corrected chi connectivity index (χ0v) is 19.6. The fraction of sp³-hybridized carbons (Fsp3) is 0.179. The van der Waals surface area contributed by atoms with Crippen molar-refractivity contribution in [3.05, 3.63) is 113 Å². The monoisotopic (exact) mass is 466 g/mol. The Balaban J connectivity index is 1.45. The van der Waals surface area contributed by atoms with Gasteiger partial charge in [0, 0.05) is 24.1 Å². The number of nitrogens with one attached hydrogen (secondary N) is 2. The molecular formula is C28H26N4O3. The Kier molecular flexibility index (Phi) is 6.06. The topological polar surface area (TPSA) is 85.2 Å². The number of carbonyl (C=O) groups excluding carboxylic acids is 2. The van der Waals surface area contributed by atoms with E-state index < -0.39 is 12.0 Å². The molecule has 3 aromatic carbocycles. The van der Waals surface area contributed by atoms with Crippen LogP contribution in [-0.4, -0.2) is 27.6 Å². The van der Waals surface area contributed by atoms with Gasteiger partial charge in [0.15, 0.2) is 0 Å². The molecule has 0 unspecified atom stereocenters. The Morgan fingerprint density at radius 1 is 1.00 bits per heavy atom. The minimum absolute atomic E-state index is 0.279. The van der Waals surface area contributed by atoms with Crippen LogP contribution in [0.3, 0.4) is 0 Å². The Morgan fingerprint density at radius 2 is 1.66 bits per heavy atom. The number of nitrogens with zero attached hydrogens (tertiary/aromatic N) is 2. The second-order valence-electron chi connectivity index (χ2n) is 8.60. The van der Waals surface area contributed by atoms with E-state index in [4.69, 9.17) is 4.74 Å². The van der Waals surface area contributed by atoms with Gasteiger partial charge in [0.05, 0.1) is 5.69 Å². The predicted molar refractivity (Wildman–Crippen MR) is 133 cm³/mol. The van der Waals surface area contributed by atoms with Crippen molar-refractivity contribution in [2.45, 2.75) is 25.5 Å². The van der Waals surface area contributed by atoms with Gasteiger partial charge in [-0.1, -0.05) is 60.7 Å². The van der Waals surface area contributed by atoms with Gasteiger partial charge in [-0.3, -0.25) is 14.3 Å². The number of carbonyl (C=O) groups is 2. The second kappa shape index (κ2) is 9.46. The zero-order chi connectivity index (χ0) is 24.4. The van der Waals surface area contributed by atoms with Gasteiger partial charge in [-0.2, -0.15) is 5.10 Å². The van der Waals surface area contributed by atoms with E-state index in [1.165, 1.54) is 0 Å². The Bertz CT molecular complexity index is 1350. The molecule has 2 N–H and O–H groups in total. The first-order valence-corrected chi connectivity index (χ1v) is 11.5. The van der Waals surface area contributed by atoms with Crippen molar-refractivity contribution in [3.63, 3.8) is 0 Å². The average Bonchev–Trinajstić information content (AvgIpc) is 3.17. The molecule has 0 aliphatic carbocycles. The molecule has 1 aliphatic rings. The minimum atomic E-state index is -0.797. The first kappa shape index (κ1) is 22.4. The molecule has 0 saturated carbocycles. The number of hydrogen-bond donors (Lipinski definition) is 2. The van der Waals surface area contributed by atoms with Crippen LogP contribution in [0.15, 0.2) is 84.9 Å². The molecule has 2 atom stereocenters. The highest BCUT2D eigenvalue weighted by Gasteiger charge is 2.41. The molecule has 2 amide bonds. The fourth-order valence-electron chi connectivity index (χ4n) is 4.54. The van der Waals surface area contributed by atoms with E-state index in [0.717, 1.165) is 28.1 Å². The van der Waals surface area contributed by atoms with Gasteiger partial charge in [0.1, 0.15) is 24.2 Å². The Morgan fingerprint density at radius 3 is 2.34 bits per heavy atom. The molecule has 1 aliphatic heterocycles. The quantitative estimate of drug-likeness (QED) is 0.446. The summed E-state index contributed by atoms with van der Waals surface area (Å²) in [5.74, 6) is 0.393. The number of ether oxygens (including phenoxy) is 1. The summed E-state index contributed by atoms with van der Waals surface area (Å²) in [5.41, 5.74) is 4.17. The van der Waals surface area contributed by atoms with E-state index >= 15 is 0 Å². The lowest BCUT2D eigenvalue weighted by Gasteiger charge is -2.32. The summed E-state index contributed by atoms with van der Waals surface area (Å²) < 4.78 is 7.61. The molecule has 7 nitrogen and oxygen atoms in total. The smallest absolute Gasteiger partial charge is 0.251 e. The summed E-state index contributed by atoms with van der Waals surface area (Å²) in [6.07, 6.45) is 0. The third-order valence-corrected chi connectivity index (χ3v) is 6.25. The van der Waals surface area contributed by atoms with Crippen molar-refractivity contribution >= 4 is 17.6 Å². The fourth-order valence-corrected chi connectivity index (χ4v) is 4.54. The molecule has 5 rings (SSSR count). The van der Waals surface area contributed by atoms with Crippen LogP contribution in [0.2, 0.25) is 0 Å².